The number of aromatic nitrogens is 1. The van der Waals surface area contributed by atoms with Crippen molar-refractivity contribution in [1.29, 1.82) is 0 Å². The third kappa shape index (κ3) is 3.16. The van der Waals surface area contributed by atoms with Crippen molar-refractivity contribution < 1.29 is 4.57 Å². The van der Waals surface area contributed by atoms with Crippen molar-refractivity contribution in [3.63, 3.8) is 0 Å². The Labute approximate surface area is 157 Å². The highest BCUT2D eigenvalue weighted by Crippen LogP contribution is 2.35. The van der Waals surface area contributed by atoms with Crippen LogP contribution in [0.15, 0.2) is 48.7 Å². The van der Waals surface area contributed by atoms with Crippen LogP contribution in [0.4, 0.5) is 0 Å². The molecular formula is C25H30N+. The first-order valence-corrected chi connectivity index (χ1v) is 10.2. The molecule has 0 bridgehead atoms. The average Bonchev–Trinajstić information content (AvgIpc) is 2.69. The maximum absolute atomic E-state index is 2.45. The van der Waals surface area contributed by atoms with E-state index >= 15 is 0 Å². The Balaban J connectivity index is 1.86. The van der Waals surface area contributed by atoms with Crippen molar-refractivity contribution in [2.75, 3.05) is 0 Å². The second kappa shape index (κ2) is 7.23. The molecule has 0 amide bonds. The van der Waals surface area contributed by atoms with Gasteiger partial charge in [-0.05, 0) is 66.3 Å². The molecule has 1 saturated carbocycles. The summed E-state index contributed by atoms with van der Waals surface area (Å²) in [4.78, 5) is 0. The van der Waals surface area contributed by atoms with E-state index < -0.39 is 0 Å². The summed E-state index contributed by atoms with van der Waals surface area (Å²) in [6, 6.07) is 16.4. The lowest BCUT2D eigenvalue weighted by Gasteiger charge is -2.22. The molecule has 1 nitrogen and oxygen atoms in total. The normalized spacial score (nSPS) is 15.5. The number of benzene rings is 2. The zero-order valence-corrected chi connectivity index (χ0v) is 16.4. The van der Waals surface area contributed by atoms with Gasteiger partial charge in [-0.25, -0.2) is 4.57 Å². The Morgan fingerprint density at radius 2 is 1.77 bits per heavy atom. The van der Waals surface area contributed by atoms with Crippen LogP contribution in [0.25, 0.3) is 22.0 Å². The number of pyridine rings is 1. The molecule has 0 spiro atoms. The summed E-state index contributed by atoms with van der Waals surface area (Å²) in [6.45, 7) is 4.46. The summed E-state index contributed by atoms with van der Waals surface area (Å²) in [5.74, 6) is 0.760. The molecule has 1 aliphatic carbocycles. The van der Waals surface area contributed by atoms with E-state index in [1.165, 1.54) is 70.8 Å². The predicted octanol–water partition coefficient (Wildman–Crippen LogP) is 6.25. The fourth-order valence-corrected chi connectivity index (χ4v) is 4.56. The number of fused-ring (bicyclic) bond motifs is 1. The minimum atomic E-state index is 0.760. The number of hydrogen-bond acceptors (Lipinski definition) is 0. The first-order valence-electron chi connectivity index (χ1n) is 10.2. The van der Waals surface area contributed by atoms with Gasteiger partial charge in [0.2, 0.25) is 5.69 Å². The smallest absolute Gasteiger partial charge is 0.200 e. The predicted molar refractivity (Wildman–Crippen MR) is 111 cm³/mol. The van der Waals surface area contributed by atoms with Gasteiger partial charge in [0.05, 0.1) is 5.39 Å². The van der Waals surface area contributed by atoms with Gasteiger partial charge in [-0.1, -0.05) is 50.5 Å². The van der Waals surface area contributed by atoms with Gasteiger partial charge in [0.15, 0.2) is 6.20 Å². The van der Waals surface area contributed by atoms with Crippen molar-refractivity contribution >= 4 is 10.8 Å². The van der Waals surface area contributed by atoms with E-state index in [0.717, 1.165) is 12.3 Å². The van der Waals surface area contributed by atoms with Crippen molar-refractivity contribution in [1.82, 2.24) is 0 Å². The topological polar surface area (TPSA) is 3.88 Å². The SMILES string of the molecule is CCc1ccc(C)c(-c2c3ccc(C4CCCCC4)cc3cc[n+]2C)c1. The van der Waals surface area contributed by atoms with Crippen LogP contribution in [0, 0.1) is 6.92 Å². The molecule has 0 radical (unpaired) electrons. The largest absolute Gasteiger partial charge is 0.220 e. The van der Waals surface area contributed by atoms with Crippen LogP contribution in [0.2, 0.25) is 0 Å². The monoisotopic (exact) mass is 344 g/mol. The van der Waals surface area contributed by atoms with Gasteiger partial charge < -0.3 is 0 Å². The first kappa shape index (κ1) is 17.3. The summed E-state index contributed by atoms with van der Waals surface area (Å²) in [5.41, 5.74) is 6.99. The summed E-state index contributed by atoms with van der Waals surface area (Å²) in [6.07, 6.45) is 10.2. The lowest BCUT2D eigenvalue weighted by molar-refractivity contribution is -0.659. The fraction of sp³-hybridized carbons (Fsp3) is 0.400. The molecule has 1 fully saturated rings. The highest BCUT2D eigenvalue weighted by atomic mass is 14.9. The van der Waals surface area contributed by atoms with Crippen molar-refractivity contribution in [3.05, 3.63) is 65.4 Å². The number of hydrogen-bond donors (Lipinski definition) is 0. The van der Waals surface area contributed by atoms with Crippen LogP contribution in [0.3, 0.4) is 0 Å². The van der Waals surface area contributed by atoms with E-state index in [-0.39, 0.29) is 0 Å². The Kier molecular flexibility index (Phi) is 4.80. The second-order valence-corrected chi connectivity index (χ2v) is 7.96. The average molecular weight is 345 g/mol. The Bertz CT molecular complexity index is 932. The van der Waals surface area contributed by atoms with Gasteiger partial charge >= 0.3 is 0 Å². The van der Waals surface area contributed by atoms with E-state index in [2.05, 4.69) is 74.1 Å². The van der Waals surface area contributed by atoms with Crippen LogP contribution in [0.1, 0.15) is 61.6 Å². The lowest BCUT2D eigenvalue weighted by atomic mass is 9.83. The van der Waals surface area contributed by atoms with Gasteiger partial charge in [-0.2, -0.15) is 0 Å². The molecule has 0 saturated heterocycles. The van der Waals surface area contributed by atoms with Gasteiger partial charge in [0.1, 0.15) is 7.05 Å². The molecule has 0 aliphatic heterocycles. The van der Waals surface area contributed by atoms with E-state index in [0.29, 0.717) is 0 Å². The molecule has 4 rings (SSSR count). The van der Waals surface area contributed by atoms with Crippen molar-refractivity contribution in [2.45, 2.75) is 58.3 Å². The van der Waals surface area contributed by atoms with Gasteiger partial charge in [0, 0.05) is 11.6 Å². The maximum atomic E-state index is 2.45. The highest BCUT2D eigenvalue weighted by Gasteiger charge is 2.20. The zero-order valence-electron chi connectivity index (χ0n) is 16.4. The van der Waals surface area contributed by atoms with Gasteiger partial charge in [-0.15, -0.1) is 0 Å². The minimum absolute atomic E-state index is 0.760. The standard InChI is InChI=1S/C25H30N/c1-4-19-11-10-18(2)24(16-19)25-23-13-12-21(20-8-6-5-7-9-20)17-22(23)14-15-26(25)3/h10-17,20H,4-9H2,1-3H3/q+1. The number of aryl methyl sites for hydroxylation is 3. The van der Waals surface area contributed by atoms with Gasteiger partial charge in [-0.3, -0.25) is 0 Å². The molecule has 26 heavy (non-hydrogen) atoms. The molecule has 134 valence electrons. The lowest BCUT2D eigenvalue weighted by Crippen LogP contribution is -2.30. The molecular weight excluding hydrogens is 314 g/mol. The van der Waals surface area contributed by atoms with Crippen molar-refractivity contribution in [3.8, 4) is 11.3 Å². The second-order valence-electron chi connectivity index (χ2n) is 7.96. The molecule has 3 aromatic rings. The highest BCUT2D eigenvalue weighted by molar-refractivity contribution is 5.94. The molecule has 2 aromatic carbocycles. The van der Waals surface area contributed by atoms with Crippen LogP contribution in [-0.2, 0) is 13.5 Å². The summed E-state index contributed by atoms with van der Waals surface area (Å²) in [7, 11) is 2.17. The zero-order chi connectivity index (χ0) is 18.1. The number of nitrogens with zero attached hydrogens (tertiary/aromatic N) is 1. The molecule has 1 aliphatic rings. The third-order valence-electron chi connectivity index (χ3n) is 6.20. The quantitative estimate of drug-likeness (QED) is 0.494. The Hall–Kier alpha value is -2.15. The molecule has 0 atom stereocenters. The van der Waals surface area contributed by atoms with E-state index in [4.69, 9.17) is 0 Å². The Morgan fingerprint density at radius 3 is 2.54 bits per heavy atom. The number of rotatable bonds is 3. The van der Waals surface area contributed by atoms with Crippen LogP contribution in [-0.4, -0.2) is 0 Å². The van der Waals surface area contributed by atoms with Crippen LogP contribution >= 0.6 is 0 Å². The fourth-order valence-electron chi connectivity index (χ4n) is 4.56. The first-order chi connectivity index (χ1) is 12.7. The van der Waals surface area contributed by atoms with E-state index in [1.807, 2.05) is 0 Å². The molecule has 0 unspecified atom stereocenters. The summed E-state index contributed by atoms with van der Waals surface area (Å²) in [5, 5.41) is 2.74. The van der Waals surface area contributed by atoms with Crippen LogP contribution in [0.5, 0.6) is 0 Å². The van der Waals surface area contributed by atoms with E-state index in [1.54, 1.807) is 0 Å². The van der Waals surface area contributed by atoms with Gasteiger partial charge in [0.25, 0.3) is 0 Å². The third-order valence-corrected chi connectivity index (χ3v) is 6.20. The van der Waals surface area contributed by atoms with Crippen LogP contribution < -0.4 is 4.57 Å². The minimum Gasteiger partial charge on any atom is -0.200 e. The summed E-state index contributed by atoms with van der Waals surface area (Å²) < 4.78 is 2.28. The maximum Gasteiger partial charge on any atom is 0.220 e. The van der Waals surface area contributed by atoms with E-state index in [9.17, 15) is 0 Å². The molecule has 0 N–H and O–H groups in total. The Morgan fingerprint density at radius 1 is 0.962 bits per heavy atom. The summed E-state index contributed by atoms with van der Waals surface area (Å²) >= 11 is 0. The molecule has 1 aromatic heterocycles. The molecule has 1 heteroatoms. The van der Waals surface area contributed by atoms with Crippen molar-refractivity contribution in [2.24, 2.45) is 7.05 Å². The molecule has 1 heterocycles.